The SMILES string of the molecule is CCCCN(C)c1ccc(NS(=O)(=O)c2ccc(Cl)c(C)c2)nc1. The lowest BCUT2D eigenvalue weighted by Crippen LogP contribution is -2.19. The van der Waals surface area contributed by atoms with Crippen molar-refractivity contribution in [2.45, 2.75) is 31.6 Å². The number of nitrogens with zero attached hydrogens (tertiary/aromatic N) is 2. The number of rotatable bonds is 7. The highest BCUT2D eigenvalue weighted by Gasteiger charge is 2.16. The molecule has 0 radical (unpaired) electrons. The number of benzene rings is 1. The molecule has 2 aromatic rings. The third-order valence-corrected chi connectivity index (χ3v) is 5.49. The molecule has 1 aromatic heterocycles. The fourth-order valence-corrected chi connectivity index (χ4v) is 3.39. The normalized spacial score (nSPS) is 11.3. The molecule has 1 N–H and O–H groups in total. The average molecular weight is 368 g/mol. The number of aryl methyl sites for hydroxylation is 1. The molecule has 5 nitrogen and oxygen atoms in total. The van der Waals surface area contributed by atoms with Gasteiger partial charge in [0.15, 0.2) is 0 Å². The first kappa shape index (κ1) is 18.5. The number of pyridine rings is 1. The number of hydrogen-bond donors (Lipinski definition) is 1. The predicted octanol–water partition coefficient (Wildman–Crippen LogP) is 4.08. The fourth-order valence-electron chi connectivity index (χ4n) is 2.18. The number of nitrogens with one attached hydrogen (secondary N) is 1. The quantitative estimate of drug-likeness (QED) is 0.800. The van der Waals surface area contributed by atoms with Gasteiger partial charge in [0.25, 0.3) is 10.0 Å². The molecular weight excluding hydrogens is 346 g/mol. The molecule has 0 aliphatic carbocycles. The van der Waals surface area contributed by atoms with Crippen molar-refractivity contribution >= 4 is 33.1 Å². The lowest BCUT2D eigenvalue weighted by atomic mass is 10.2. The standard InChI is InChI=1S/C17H22ClN3O2S/c1-4-5-10-21(3)14-6-9-17(19-12-14)20-24(22,23)15-7-8-16(18)13(2)11-15/h6-9,11-12H,4-5,10H2,1-3H3,(H,19,20). The van der Waals surface area contributed by atoms with Gasteiger partial charge in [-0.15, -0.1) is 0 Å². The molecule has 0 unspecified atom stereocenters. The Bertz CT molecular complexity index is 792. The highest BCUT2D eigenvalue weighted by atomic mass is 35.5. The molecule has 24 heavy (non-hydrogen) atoms. The van der Waals surface area contributed by atoms with Gasteiger partial charge >= 0.3 is 0 Å². The first-order valence-corrected chi connectivity index (χ1v) is 9.66. The molecule has 1 aromatic carbocycles. The summed E-state index contributed by atoms with van der Waals surface area (Å²) in [6.45, 7) is 4.84. The van der Waals surface area contributed by atoms with Crippen molar-refractivity contribution in [3.05, 3.63) is 47.1 Å². The Morgan fingerprint density at radius 1 is 1.25 bits per heavy atom. The first-order chi connectivity index (χ1) is 11.3. The smallest absolute Gasteiger partial charge is 0.263 e. The van der Waals surface area contributed by atoms with E-state index < -0.39 is 10.0 Å². The maximum atomic E-state index is 12.4. The van der Waals surface area contributed by atoms with Gasteiger partial charge in [0.05, 0.1) is 16.8 Å². The second-order valence-corrected chi connectivity index (χ2v) is 7.78. The third kappa shape index (κ3) is 4.61. The summed E-state index contributed by atoms with van der Waals surface area (Å²) >= 11 is 5.94. The Morgan fingerprint density at radius 2 is 2.00 bits per heavy atom. The zero-order valence-corrected chi connectivity index (χ0v) is 15.7. The van der Waals surface area contributed by atoms with Crippen molar-refractivity contribution < 1.29 is 8.42 Å². The van der Waals surface area contributed by atoms with Gasteiger partial charge in [0.2, 0.25) is 0 Å². The van der Waals surface area contributed by atoms with Crippen molar-refractivity contribution in [3.63, 3.8) is 0 Å². The van der Waals surface area contributed by atoms with Crippen molar-refractivity contribution in [2.75, 3.05) is 23.2 Å². The van der Waals surface area contributed by atoms with Crippen LogP contribution in [0.25, 0.3) is 0 Å². The summed E-state index contributed by atoms with van der Waals surface area (Å²) in [6.07, 6.45) is 3.89. The number of unbranched alkanes of at least 4 members (excludes halogenated alkanes) is 1. The summed E-state index contributed by atoms with van der Waals surface area (Å²) in [4.78, 5) is 6.46. The van der Waals surface area contributed by atoms with Crippen LogP contribution in [0.2, 0.25) is 5.02 Å². The zero-order valence-electron chi connectivity index (χ0n) is 14.1. The Balaban J connectivity index is 2.13. The number of aromatic nitrogens is 1. The van der Waals surface area contributed by atoms with Crippen LogP contribution >= 0.6 is 11.6 Å². The van der Waals surface area contributed by atoms with Crippen LogP contribution in [0.4, 0.5) is 11.5 Å². The van der Waals surface area contributed by atoms with E-state index in [-0.39, 0.29) is 10.7 Å². The molecule has 0 saturated carbocycles. The van der Waals surface area contributed by atoms with Crippen LogP contribution in [0.1, 0.15) is 25.3 Å². The van der Waals surface area contributed by atoms with E-state index in [0.717, 1.165) is 25.1 Å². The average Bonchev–Trinajstić information content (AvgIpc) is 2.55. The maximum absolute atomic E-state index is 12.4. The van der Waals surface area contributed by atoms with Crippen molar-refractivity contribution in [1.82, 2.24) is 4.98 Å². The summed E-state index contributed by atoms with van der Waals surface area (Å²) in [6, 6.07) is 8.11. The molecule has 0 atom stereocenters. The van der Waals surface area contributed by atoms with Crippen LogP contribution in [0.5, 0.6) is 0 Å². The van der Waals surface area contributed by atoms with Crippen molar-refractivity contribution in [3.8, 4) is 0 Å². The fraction of sp³-hybridized carbons (Fsp3) is 0.353. The van der Waals surface area contributed by atoms with Gasteiger partial charge in [-0.1, -0.05) is 24.9 Å². The third-order valence-electron chi connectivity index (χ3n) is 3.71. The minimum Gasteiger partial charge on any atom is -0.373 e. The lowest BCUT2D eigenvalue weighted by Gasteiger charge is -2.18. The minimum absolute atomic E-state index is 0.162. The summed E-state index contributed by atoms with van der Waals surface area (Å²) in [5.41, 5.74) is 1.66. The van der Waals surface area contributed by atoms with E-state index in [1.807, 2.05) is 13.1 Å². The maximum Gasteiger partial charge on any atom is 0.263 e. The van der Waals surface area contributed by atoms with Crippen LogP contribution in [0, 0.1) is 6.92 Å². The largest absolute Gasteiger partial charge is 0.373 e. The predicted molar refractivity (Wildman–Crippen MR) is 99.4 cm³/mol. The molecule has 0 aliphatic heterocycles. The van der Waals surface area contributed by atoms with Crippen LogP contribution in [-0.4, -0.2) is 27.0 Å². The monoisotopic (exact) mass is 367 g/mol. The molecule has 0 aliphatic rings. The van der Waals surface area contributed by atoms with E-state index >= 15 is 0 Å². The van der Waals surface area contributed by atoms with Crippen LogP contribution in [0.15, 0.2) is 41.4 Å². The first-order valence-electron chi connectivity index (χ1n) is 7.79. The molecule has 0 fully saturated rings. The summed E-state index contributed by atoms with van der Waals surface area (Å²) < 4.78 is 27.3. The van der Waals surface area contributed by atoms with E-state index in [4.69, 9.17) is 11.6 Å². The van der Waals surface area contributed by atoms with Gasteiger partial charge in [-0.3, -0.25) is 4.72 Å². The molecular formula is C17H22ClN3O2S. The Hall–Kier alpha value is -1.79. The minimum atomic E-state index is -3.68. The summed E-state index contributed by atoms with van der Waals surface area (Å²) in [5, 5.41) is 0.534. The number of halogens is 1. The van der Waals surface area contributed by atoms with Crippen molar-refractivity contribution in [1.29, 1.82) is 0 Å². The summed E-state index contributed by atoms with van der Waals surface area (Å²) in [7, 11) is -1.69. The molecule has 0 spiro atoms. The van der Waals surface area contributed by atoms with E-state index in [0.29, 0.717) is 10.6 Å². The van der Waals surface area contributed by atoms with Gasteiger partial charge in [0.1, 0.15) is 5.82 Å². The van der Waals surface area contributed by atoms with E-state index in [9.17, 15) is 8.42 Å². The van der Waals surface area contributed by atoms with Gasteiger partial charge < -0.3 is 4.90 Å². The highest BCUT2D eigenvalue weighted by molar-refractivity contribution is 7.92. The number of anilines is 2. The molecule has 0 amide bonds. The van der Waals surface area contributed by atoms with Crippen LogP contribution in [0.3, 0.4) is 0 Å². The Labute approximate surface area is 148 Å². The molecule has 0 bridgehead atoms. The van der Waals surface area contributed by atoms with Gasteiger partial charge in [-0.2, -0.15) is 0 Å². The van der Waals surface area contributed by atoms with Crippen LogP contribution < -0.4 is 9.62 Å². The second-order valence-electron chi connectivity index (χ2n) is 5.69. The molecule has 130 valence electrons. The zero-order chi connectivity index (χ0) is 17.7. The Morgan fingerprint density at radius 3 is 2.58 bits per heavy atom. The Kier molecular flexibility index (Phi) is 6.07. The van der Waals surface area contributed by atoms with E-state index in [1.165, 1.54) is 12.1 Å². The van der Waals surface area contributed by atoms with Gasteiger partial charge in [-0.25, -0.2) is 13.4 Å². The van der Waals surface area contributed by atoms with Crippen LogP contribution in [-0.2, 0) is 10.0 Å². The molecule has 1 heterocycles. The molecule has 7 heteroatoms. The molecule has 0 saturated heterocycles. The highest BCUT2D eigenvalue weighted by Crippen LogP contribution is 2.22. The number of sulfonamides is 1. The van der Waals surface area contributed by atoms with E-state index in [1.54, 1.807) is 25.3 Å². The lowest BCUT2D eigenvalue weighted by molar-refractivity contribution is 0.601. The topological polar surface area (TPSA) is 62.3 Å². The van der Waals surface area contributed by atoms with Gasteiger partial charge in [0, 0.05) is 18.6 Å². The number of hydrogen-bond acceptors (Lipinski definition) is 4. The second kappa shape index (κ2) is 7.85. The van der Waals surface area contributed by atoms with Crippen molar-refractivity contribution in [2.24, 2.45) is 0 Å². The van der Waals surface area contributed by atoms with Gasteiger partial charge in [-0.05, 0) is 49.2 Å². The van der Waals surface area contributed by atoms with E-state index in [2.05, 4.69) is 21.5 Å². The summed E-state index contributed by atoms with van der Waals surface area (Å²) in [5.74, 6) is 0.287. The molecule has 2 rings (SSSR count).